The molecular weight excluding hydrogens is 303 g/mol. The van der Waals surface area contributed by atoms with Crippen LogP contribution in [0.25, 0.3) is 0 Å². The van der Waals surface area contributed by atoms with Gasteiger partial charge in [0.1, 0.15) is 5.82 Å². The van der Waals surface area contributed by atoms with Crippen LogP contribution in [0.15, 0.2) is 22.7 Å². The summed E-state index contributed by atoms with van der Waals surface area (Å²) < 4.78 is 13.8. The van der Waals surface area contributed by atoms with Crippen LogP contribution in [0, 0.1) is 11.7 Å². The molecule has 0 unspecified atom stereocenters. The van der Waals surface area contributed by atoms with Gasteiger partial charge in [0.2, 0.25) is 0 Å². The SMILES string of the molecule is O=C(CC1CCSCC1)c1cc(F)cc(Br)c1. The van der Waals surface area contributed by atoms with Crippen molar-refractivity contribution in [1.82, 2.24) is 0 Å². The van der Waals surface area contributed by atoms with Crippen molar-refractivity contribution in [3.63, 3.8) is 0 Å². The number of hydrogen-bond donors (Lipinski definition) is 0. The molecule has 0 aliphatic carbocycles. The van der Waals surface area contributed by atoms with Gasteiger partial charge < -0.3 is 0 Å². The molecule has 1 saturated heterocycles. The van der Waals surface area contributed by atoms with Gasteiger partial charge >= 0.3 is 0 Å². The molecule has 0 N–H and O–H groups in total. The molecule has 1 aliphatic rings. The zero-order chi connectivity index (χ0) is 12.3. The summed E-state index contributed by atoms with van der Waals surface area (Å²) in [4.78, 5) is 12.0. The topological polar surface area (TPSA) is 17.1 Å². The summed E-state index contributed by atoms with van der Waals surface area (Å²) in [5, 5.41) is 0. The number of rotatable bonds is 3. The number of carbonyl (C=O) groups excluding carboxylic acids is 1. The molecule has 0 aromatic heterocycles. The Hall–Kier alpha value is -0.350. The van der Waals surface area contributed by atoms with Gasteiger partial charge in [0.25, 0.3) is 0 Å². The molecule has 4 heteroatoms. The Morgan fingerprint density at radius 1 is 1.35 bits per heavy atom. The van der Waals surface area contributed by atoms with E-state index in [1.165, 1.54) is 12.1 Å². The molecule has 1 fully saturated rings. The predicted molar refractivity (Wildman–Crippen MR) is 73.1 cm³/mol. The van der Waals surface area contributed by atoms with Crippen LogP contribution in [0.5, 0.6) is 0 Å². The van der Waals surface area contributed by atoms with E-state index in [9.17, 15) is 9.18 Å². The maximum atomic E-state index is 13.2. The smallest absolute Gasteiger partial charge is 0.163 e. The number of Topliss-reactive ketones (excluding diaryl/α,β-unsaturated/α-hetero) is 1. The molecule has 0 radical (unpaired) electrons. The maximum Gasteiger partial charge on any atom is 0.163 e. The van der Waals surface area contributed by atoms with Crippen LogP contribution in [-0.2, 0) is 0 Å². The molecule has 1 aliphatic heterocycles. The quantitative estimate of drug-likeness (QED) is 0.773. The summed E-state index contributed by atoms with van der Waals surface area (Å²) >= 11 is 5.16. The second-order valence-electron chi connectivity index (χ2n) is 4.34. The molecular formula is C13H14BrFOS. The van der Waals surface area contributed by atoms with Crippen LogP contribution >= 0.6 is 27.7 Å². The average molecular weight is 317 g/mol. The normalized spacial score (nSPS) is 17.1. The highest BCUT2D eigenvalue weighted by molar-refractivity contribution is 9.10. The summed E-state index contributed by atoms with van der Waals surface area (Å²) in [6.45, 7) is 0. The average Bonchev–Trinajstić information content (AvgIpc) is 2.29. The first-order valence-electron chi connectivity index (χ1n) is 5.72. The zero-order valence-corrected chi connectivity index (χ0v) is 11.8. The molecule has 1 nitrogen and oxygen atoms in total. The lowest BCUT2D eigenvalue weighted by molar-refractivity contribution is 0.0958. The molecule has 0 saturated carbocycles. The van der Waals surface area contributed by atoms with Gasteiger partial charge in [0.15, 0.2) is 5.78 Å². The largest absolute Gasteiger partial charge is 0.294 e. The lowest BCUT2D eigenvalue weighted by atomic mass is 9.93. The lowest BCUT2D eigenvalue weighted by Gasteiger charge is -2.20. The number of hydrogen-bond acceptors (Lipinski definition) is 2. The van der Waals surface area contributed by atoms with Gasteiger partial charge in [-0.05, 0) is 48.5 Å². The van der Waals surface area contributed by atoms with Crippen molar-refractivity contribution in [2.75, 3.05) is 11.5 Å². The number of thioether (sulfide) groups is 1. The van der Waals surface area contributed by atoms with E-state index in [0.29, 0.717) is 22.4 Å². The van der Waals surface area contributed by atoms with E-state index in [0.717, 1.165) is 24.3 Å². The van der Waals surface area contributed by atoms with Gasteiger partial charge in [0.05, 0.1) is 0 Å². The van der Waals surface area contributed by atoms with E-state index in [4.69, 9.17) is 0 Å². The fraction of sp³-hybridized carbons (Fsp3) is 0.462. The highest BCUT2D eigenvalue weighted by atomic mass is 79.9. The molecule has 1 aromatic rings. The highest BCUT2D eigenvalue weighted by Gasteiger charge is 2.18. The van der Waals surface area contributed by atoms with Gasteiger partial charge in [0, 0.05) is 16.5 Å². The van der Waals surface area contributed by atoms with Crippen LogP contribution in [0.2, 0.25) is 0 Å². The highest BCUT2D eigenvalue weighted by Crippen LogP contribution is 2.27. The fourth-order valence-corrected chi connectivity index (χ4v) is 3.71. The number of ketones is 1. The van der Waals surface area contributed by atoms with Gasteiger partial charge in [-0.15, -0.1) is 0 Å². The molecule has 0 bridgehead atoms. The Balaban J connectivity index is 2.03. The third kappa shape index (κ3) is 3.81. The third-order valence-corrected chi connectivity index (χ3v) is 4.51. The first kappa shape index (κ1) is 13.1. The molecule has 17 heavy (non-hydrogen) atoms. The number of benzene rings is 1. The minimum absolute atomic E-state index is 0.0575. The molecule has 1 aromatic carbocycles. The number of halogens is 2. The van der Waals surface area contributed by atoms with Crippen molar-refractivity contribution in [2.45, 2.75) is 19.3 Å². The number of carbonyl (C=O) groups is 1. The monoisotopic (exact) mass is 316 g/mol. The van der Waals surface area contributed by atoms with Gasteiger partial charge in [-0.25, -0.2) is 4.39 Å². The van der Waals surface area contributed by atoms with Crippen molar-refractivity contribution in [1.29, 1.82) is 0 Å². The van der Waals surface area contributed by atoms with E-state index < -0.39 is 0 Å². The first-order chi connectivity index (χ1) is 8.15. The Morgan fingerprint density at radius 2 is 2.06 bits per heavy atom. The van der Waals surface area contributed by atoms with Crippen molar-refractivity contribution in [3.05, 3.63) is 34.1 Å². The maximum absolute atomic E-state index is 13.2. The zero-order valence-electron chi connectivity index (χ0n) is 9.42. The Bertz CT molecular complexity index is 396. The van der Waals surface area contributed by atoms with Gasteiger partial charge in [-0.1, -0.05) is 15.9 Å². The van der Waals surface area contributed by atoms with Crippen molar-refractivity contribution in [2.24, 2.45) is 5.92 Å². The van der Waals surface area contributed by atoms with Crippen LogP contribution in [0.4, 0.5) is 4.39 Å². The Labute approximate surface area is 113 Å². The summed E-state index contributed by atoms with van der Waals surface area (Å²) in [5.74, 6) is 2.46. The molecule has 2 rings (SSSR count). The fourth-order valence-electron chi connectivity index (χ4n) is 2.05. The predicted octanol–water partition coefficient (Wildman–Crippen LogP) is 4.30. The molecule has 1 heterocycles. The summed E-state index contributed by atoms with van der Waals surface area (Å²) in [7, 11) is 0. The van der Waals surface area contributed by atoms with Gasteiger partial charge in [-0.2, -0.15) is 11.8 Å². The summed E-state index contributed by atoms with van der Waals surface area (Å²) in [6.07, 6.45) is 2.76. The second-order valence-corrected chi connectivity index (χ2v) is 6.48. The van der Waals surface area contributed by atoms with Crippen LogP contribution in [0.3, 0.4) is 0 Å². The van der Waals surface area contributed by atoms with Crippen LogP contribution in [0.1, 0.15) is 29.6 Å². The Morgan fingerprint density at radius 3 is 2.71 bits per heavy atom. The first-order valence-corrected chi connectivity index (χ1v) is 7.67. The molecule has 0 spiro atoms. The van der Waals surface area contributed by atoms with Crippen LogP contribution < -0.4 is 0 Å². The van der Waals surface area contributed by atoms with E-state index in [1.54, 1.807) is 6.07 Å². The Kier molecular flexibility index (Phi) is 4.62. The van der Waals surface area contributed by atoms with E-state index in [2.05, 4.69) is 15.9 Å². The minimum Gasteiger partial charge on any atom is -0.294 e. The van der Waals surface area contributed by atoms with E-state index in [-0.39, 0.29) is 11.6 Å². The van der Waals surface area contributed by atoms with Crippen LogP contribution in [-0.4, -0.2) is 17.3 Å². The van der Waals surface area contributed by atoms with Crippen molar-refractivity contribution >= 4 is 33.5 Å². The second kappa shape index (κ2) is 6.01. The van der Waals surface area contributed by atoms with E-state index >= 15 is 0 Å². The third-order valence-electron chi connectivity index (χ3n) is 3.00. The molecule has 0 amide bonds. The van der Waals surface area contributed by atoms with Crippen molar-refractivity contribution < 1.29 is 9.18 Å². The summed E-state index contributed by atoms with van der Waals surface area (Å²) in [5.41, 5.74) is 0.482. The van der Waals surface area contributed by atoms with E-state index in [1.807, 2.05) is 11.8 Å². The lowest BCUT2D eigenvalue weighted by Crippen LogP contribution is -2.14. The van der Waals surface area contributed by atoms with Crippen molar-refractivity contribution in [3.8, 4) is 0 Å². The summed E-state index contributed by atoms with van der Waals surface area (Å²) in [6, 6.07) is 4.39. The minimum atomic E-state index is -0.359. The standard InChI is InChI=1S/C13H14BrFOS/c14-11-6-10(7-12(15)8-11)13(16)5-9-1-3-17-4-2-9/h6-9H,1-5H2. The molecule has 0 atom stereocenters. The molecule has 92 valence electrons. The van der Waals surface area contributed by atoms with Gasteiger partial charge in [-0.3, -0.25) is 4.79 Å².